The maximum absolute atomic E-state index is 12.7. The van der Waals surface area contributed by atoms with Gasteiger partial charge in [-0.3, -0.25) is 4.79 Å². The lowest BCUT2D eigenvalue weighted by Crippen LogP contribution is -2.40. The third kappa shape index (κ3) is 6.21. The Morgan fingerprint density at radius 2 is 1.75 bits per heavy atom. The van der Waals surface area contributed by atoms with Crippen molar-refractivity contribution in [3.63, 3.8) is 0 Å². The van der Waals surface area contributed by atoms with Crippen molar-refractivity contribution in [2.24, 2.45) is 0 Å². The van der Waals surface area contributed by atoms with Crippen molar-refractivity contribution in [1.82, 2.24) is 9.62 Å². The molecule has 32 heavy (non-hydrogen) atoms. The van der Waals surface area contributed by atoms with Gasteiger partial charge in [0.05, 0.1) is 32.3 Å². The van der Waals surface area contributed by atoms with E-state index in [0.717, 1.165) is 22.6 Å². The monoisotopic (exact) mass is 462 g/mol. The van der Waals surface area contributed by atoms with Crippen LogP contribution in [0.4, 0.5) is 0 Å². The number of hydrogen-bond acceptors (Lipinski definition) is 6. The molecule has 0 spiro atoms. The van der Waals surface area contributed by atoms with Gasteiger partial charge in [0.15, 0.2) is 0 Å². The number of carbonyl (C=O) groups is 1. The van der Waals surface area contributed by atoms with Gasteiger partial charge in [0, 0.05) is 26.1 Å². The van der Waals surface area contributed by atoms with E-state index in [9.17, 15) is 13.2 Å². The van der Waals surface area contributed by atoms with Crippen LogP contribution < -0.4 is 14.8 Å². The molecular formula is C23H30N2O6S. The Morgan fingerprint density at radius 1 is 1.03 bits per heavy atom. The Morgan fingerprint density at radius 3 is 2.41 bits per heavy atom. The number of nitrogens with one attached hydrogen (secondary N) is 1. The summed E-state index contributed by atoms with van der Waals surface area (Å²) in [6.45, 7) is 2.05. The molecule has 1 aliphatic rings. The largest absolute Gasteiger partial charge is 0.497 e. The molecule has 0 aromatic heterocycles. The van der Waals surface area contributed by atoms with Gasteiger partial charge in [0.2, 0.25) is 15.9 Å². The summed E-state index contributed by atoms with van der Waals surface area (Å²) in [6, 6.07) is 12.3. The highest BCUT2D eigenvalue weighted by atomic mass is 32.2. The Labute approximate surface area is 189 Å². The van der Waals surface area contributed by atoms with Crippen molar-refractivity contribution < 1.29 is 27.4 Å². The van der Waals surface area contributed by atoms with E-state index < -0.39 is 10.0 Å². The molecule has 0 saturated carbocycles. The smallest absolute Gasteiger partial charge is 0.243 e. The third-order valence-electron chi connectivity index (χ3n) is 5.38. The average molecular weight is 463 g/mol. The second kappa shape index (κ2) is 11.3. The van der Waals surface area contributed by atoms with Crippen molar-refractivity contribution in [3.8, 4) is 11.5 Å². The molecule has 1 amide bonds. The summed E-state index contributed by atoms with van der Waals surface area (Å²) in [5.41, 5.74) is 1.87. The number of morpholine rings is 1. The van der Waals surface area contributed by atoms with Crippen LogP contribution in [0, 0.1) is 0 Å². The first-order valence-corrected chi connectivity index (χ1v) is 12.0. The number of rotatable bonds is 10. The minimum atomic E-state index is -3.50. The van der Waals surface area contributed by atoms with Gasteiger partial charge in [-0.15, -0.1) is 0 Å². The molecule has 0 unspecified atom stereocenters. The van der Waals surface area contributed by atoms with Crippen LogP contribution in [0.2, 0.25) is 0 Å². The number of benzene rings is 2. The van der Waals surface area contributed by atoms with Gasteiger partial charge in [0.25, 0.3) is 0 Å². The predicted molar refractivity (Wildman–Crippen MR) is 121 cm³/mol. The van der Waals surface area contributed by atoms with E-state index >= 15 is 0 Å². The van der Waals surface area contributed by atoms with Crippen molar-refractivity contribution in [2.45, 2.75) is 24.2 Å². The van der Waals surface area contributed by atoms with E-state index in [-0.39, 0.29) is 10.8 Å². The van der Waals surface area contributed by atoms with Gasteiger partial charge < -0.3 is 19.5 Å². The molecule has 1 aliphatic heterocycles. The van der Waals surface area contributed by atoms with E-state index in [0.29, 0.717) is 52.1 Å². The van der Waals surface area contributed by atoms with Gasteiger partial charge in [-0.05, 0) is 54.3 Å². The summed E-state index contributed by atoms with van der Waals surface area (Å²) >= 11 is 0. The van der Waals surface area contributed by atoms with Crippen LogP contribution in [0.25, 0.3) is 0 Å². The van der Waals surface area contributed by atoms with Crippen molar-refractivity contribution in [1.29, 1.82) is 0 Å². The number of sulfonamides is 1. The Hall–Kier alpha value is -2.62. The molecule has 0 radical (unpaired) electrons. The summed E-state index contributed by atoms with van der Waals surface area (Å²) in [5.74, 6) is 1.44. The molecule has 9 heteroatoms. The minimum Gasteiger partial charge on any atom is -0.497 e. The summed E-state index contributed by atoms with van der Waals surface area (Å²) in [5, 5.41) is 2.92. The molecule has 0 aliphatic carbocycles. The molecule has 1 heterocycles. The van der Waals surface area contributed by atoms with Crippen LogP contribution in [0.1, 0.15) is 17.5 Å². The molecule has 0 atom stereocenters. The molecule has 2 aromatic rings. The SMILES string of the molecule is COc1ccc(OC)c(CCNC(=O)CCc2ccc(S(=O)(=O)N3CCOCC3)cc2)c1. The molecule has 8 nitrogen and oxygen atoms in total. The lowest BCUT2D eigenvalue weighted by molar-refractivity contribution is -0.121. The van der Waals surface area contributed by atoms with E-state index in [1.807, 2.05) is 18.2 Å². The zero-order valence-electron chi connectivity index (χ0n) is 18.5. The van der Waals surface area contributed by atoms with Crippen LogP contribution in [0.5, 0.6) is 11.5 Å². The van der Waals surface area contributed by atoms with Crippen molar-refractivity contribution in [3.05, 3.63) is 53.6 Å². The van der Waals surface area contributed by atoms with Gasteiger partial charge in [-0.1, -0.05) is 12.1 Å². The Bertz CT molecular complexity index is 1000. The number of carbonyl (C=O) groups excluding carboxylic acids is 1. The van der Waals surface area contributed by atoms with Crippen LogP contribution in [0.3, 0.4) is 0 Å². The predicted octanol–water partition coefficient (Wildman–Crippen LogP) is 2.02. The topological polar surface area (TPSA) is 94.2 Å². The van der Waals surface area contributed by atoms with Gasteiger partial charge in [0.1, 0.15) is 11.5 Å². The average Bonchev–Trinajstić information content (AvgIpc) is 2.83. The van der Waals surface area contributed by atoms with Crippen molar-refractivity contribution >= 4 is 15.9 Å². The number of methoxy groups -OCH3 is 2. The van der Waals surface area contributed by atoms with Crippen LogP contribution in [0.15, 0.2) is 47.4 Å². The fraction of sp³-hybridized carbons (Fsp3) is 0.435. The first kappa shape index (κ1) is 24.0. The summed E-state index contributed by atoms with van der Waals surface area (Å²) in [6.07, 6.45) is 1.48. The number of amides is 1. The van der Waals surface area contributed by atoms with Gasteiger partial charge in [-0.2, -0.15) is 4.31 Å². The van der Waals surface area contributed by atoms with E-state index in [1.54, 1.807) is 38.5 Å². The molecule has 0 bridgehead atoms. The summed E-state index contributed by atoms with van der Waals surface area (Å²) in [4.78, 5) is 12.5. The maximum atomic E-state index is 12.7. The normalized spacial score (nSPS) is 14.7. The first-order chi connectivity index (χ1) is 15.4. The molecule has 174 valence electrons. The first-order valence-electron chi connectivity index (χ1n) is 10.6. The number of nitrogens with zero attached hydrogens (tertiary/aromatic N) is 1. The second-order valence-corrected chi connectivity index (χ2v) is 9.38. The highest BCUT2D eigenvalue weighted by molar-refractivity contribution is 7.89. The van der Waals surface area contributed by atoms with Crippen LogP contribution >= 0.6 is 0 Å². The lowest BCUT2D eigenvalue weighted by Gasteiger charge is -2.26. The van der Waals surface area contributed by atoms with E-state index in [4.69, 9.17) is 14.2 Å². The van der Waals surface area contributed by atoms with Crippen LogP contribution in [-0.2, 0) is 32.4 Å². The zero-order chi connectivity index (χ0) is 23.0. The number of hydrogen-bond donors (Lipinski definition) is 1. The molecule has 3 rings (SSSR count). The highest BCUT2D eigenvalue weighted by Crippen LogP contribution is 2.24. The Kier molecular flexibility index (Phi) is 8.49. The highest BCUT2D eigenvalue weighted by Gasteiger charge is 2.26. The minimum absolute atomic E-state index is 0.0584. The lowest BCUT2D eigenvalue weighted by atomic mass is 10.1. The molecule has 1 saturated heterocycles. The fourth-order valence-corrected chi connectivity index (χ4v) is 4.93. The van der Waals surface area contributed by atoms with Crippen LogP contribution in [-0.4, -0.2) is 65.7 Å². The Balaban J connectivity index is 1.47. The standard InChI is InChI=1S/C23H30N2O6S/c1-29-20-6-9-22(30-2)19(17-20)11-12-24-23(26)10-5-18-3-7-21(8-4-18)32(27,28)25-13-15-31-16-14-25/h3-4,6-9,17H,5,10-16H2,1-2H3,(H,24,26). The summed E-state index contributed by atoms with van der Waals surface area (Å²) in [7, 11) is -0.283. The molecule has 1 fully saturated rings. The zero-order valence-corrected chi connectivity index (χ0v) is 19.3. The third-order valence-corrected chi connectivity index (χ3v) is 7.29. The summed E-state index contributed by atoms with van der Waals surface area (Å²) < 4.78 is 42.6. The maximum Gasteiger partial charge on any atom is 0.243 e. The van der Waals surface area contributed by atoms with E-state index in [1.165, 1.54) is 4.31 Å². The number of aryl methyl sites for hydroxylation is 1. The fourth-order valence-electron chi connectivity index (χ4n) is 3.52. The molecule has 1 N–H and O–H groups in total. The molecular weight excluding hydrogens is 432 g/mol. The quantitative estimate of drug-likeness (QED) is 0.581. The van der Waals surface area contributed by atoms with E-state index in [2.05, 4.69) is 5.32 Å². The van der Waals surface area contributed by atoms with Crippen molar-refractivity contribution in [2.75, 3.05) is 47.1 Å². The van der Waals surface area contributed by atoms with Gasteiger partial charge in [-0.25, -0.2) is 8.42 Å². The second-order valence-electron chi connectivity index (χ2n) is 7.44. The molecule has 2 aromatic carbocycles. The number of ether oxygens (including phenoxy) is 3. The van der Waals surface area contributed by atoms with Gasteiger partial charge >= 0.3 is 0 Å².